The minimum absolute atomic E-state index is 0. The van der Waals surface area contributed by atoms with E-state index < -0.39 is 6.04 Å². The molecule has 0 aromatic rings. The molecule has 0 aliphatic carbocycles. The van der Waals surface area contributed by atoms with Crippen molar-refractivity contribution in [1.29, 1.82) is 0 Å². The molecule has 1 rings (SSSR count). The zero-order chi connectivity index (χ0) is 13.7. The molecule has 1 heterocycles. The highest BCUT2D eigenvalue weighted by atomic mass is 35.5. The van der Waals surface area contributed by atoms with E-state index in [1.807, 2.05) is 7.05 Å². The first-order valence-electron chi connectivity index (χ1n) is 6.72. The van der Waals surface area contributed by atoms with E-state index in [1.165, 1.54) is 0 Å². The lowest BCUT2D eigenvalue weighted by atomic mass is 10.0. The minimum Gasteiger partial charge on any atom is -0.383 e. The van der Waals surface area contributed by atoms with Crippen molar-refractivity contribution < 1.29 is 9.53 Å². The summed E-state index contributed by atoms with van der Waals surface area (Å²) >= 11 is 0. The topological polar surface area (TPSA) is 58.8 Å². The van der Waals surface area contributed by atoms with Gasteiger partial charge < -0.3 is 20.3 Å². The lowest BCUT2D eigenvalue weighted by molar-refractivity contribution is -0.135. The first-order chi connectivity index (χ1) is 8.47. The number of likely N-dealkylation sites (tertiary alicyclic amines) is 1. The van der Waals surface area contributed by atoms with Crippen LogP contribution in [0.4, 0.5) is 0 Å². The predicted molar refractivity (Wildman–Crippen MR) is 86.8 cm³/mol. The highest BCUT2D eigenvalue weighted by Gasteiger charge is 2.28. The van der Waals surface area contributed by atoms with Gasteiger partial charge in [-0.25, -0.2) is 0 Å². The second kappa shape index (κ2) is 10.6. The Kier molecular flexibility index (Phi) is 11.8. The minimum atomic E-state index is -0.539. The molecule has 0 radical (unpaired) electrons. The van der Waals surface area contributed by atoms with Gasteiger partial charge in [-0.15, -0.1) is 24.8 Å². The second-order valence-corrected chi connectivity index (χ2v) is 5.37. The number of nitrogens with zero attached hydrogens (tertiary/aromatic N) is 2. The molecular weight excluding hydrogens is 301 g/mol. The van der Waals surface area contributed by atoms with Crippen molar-refractivity contribution in [3.05, 3.63) is 0 Å². The number of hydrogen-bond donors (Lipinski definition) is 1. The van der Waals surface area contributed by atoms with Crippen LogP contribution in [0.15, 0.2) is 0 Å². The monoisotopic (exact) mass is 329 g/mol. The van der Waals surface area contributed by atoms with Gasteiger partial charge in [0.2, 0.25) is 5.91 Å². The Labute approximate surface area is 135 Å². The van der Waals surface area contributed by atoms with Gasteiger partial charge in [0.25, 0.3) is 0 Å². The quantitative estimate of drug-likeness (QED) is 0.821. The molecule has 1 saturated heterocycles. The number of methoxy groups -OCH3 is 1. The lowest BCUT2D eigenvalue weighted by Crippen LogP contribution is -2.52. The van der Waals surface area contributed by atoms with Gasteiger partial charge in [-0.1, -0.05) is 0 Å². The molecule has 0 aromatic heterocycles. The van der Waals surface area contributed by atoms with Crippen molar-refractivity contribution in [3.8, 4) is 0 Å². The Morgan fingerprint density at radius 1 is 1.35 bits per heavy atom. The third kappa shape index (κ3) is 6.14. The Morgan fingerprint density at radius 2 is 1.85 bits per heavy atom. The van der Waals surface area contributed by atoms with Crippen LogP contribution in [0, 0.1) is 0 Å². The SMILES string of the molecule is COCC(N)C(=O)N(C)C1CCN(C(C)C)CC1.Cl.Cl. The number of halogens is 2. The molecule has 0 aromatic carbocycles. The van der Waals surface area contributed by atoms with E-state index in [2.05, 4.69) is 18.7 Å². The molecule has 5 nitrogen and oxygen atoms in total. The van der Waals surface area contributed by atoms with E-state index in [-0.39, 0.29) is 37.3 Å². The van der Waals surface area contributed by atoms with Crippen molar-refractivity contribution in [2.75, 3.05) is 33.9 Å². The molecule has 1 atom stereocenters. The summed E-state index contributed by atoms with van der Waals surface area (Å²) in [4.78, 5) is 16.3. The number of piperidine rings is 1. The van der Waals surface area contributed by atoms with Crippen LogP contribution in [0.1, 0.15) is 26.7 Å². The van der Waals surface area contributed by atoms with Gasteiger partial charge in [0.15, 0.2) is 0 Å². The predicted octanol–water partition coefficient (Wildman–Crippen LogP) is 1.13. The van der Waals surface area contributed by atoms with Crippen LogP contribution in [0.2, 0.25) is 0 Å². The summed E-state index contributed by atoms with van der Waals surface area (Å²) in [7, 11) is 3.42. The molecule has 1 aliphatic rings. The van der Waals surface area contributed by atoms with Gasteiger partial charge in [0, 0.05) is 39.3 Å². The van der Waals surface area contributed by atoms with Gasteiger partial charge in [0.05, 0.1) is 6.61 Å². The molecule has 122 valence electrons. The number of rotatable bonds is 5. The zero-order valence-electron chi connectivity index (χ0n) is 12.9. The molecular formula is C13H29Cl2N3O2. The van der Waals surface area contributed by atoms with Crippen LogP contribution in [-0.4, -0.2) is 67.7 Å². The average molecular weight is 330 g/mol. The normalized spacial score (nSPS) is 18.1. The van der Waals surface area contributed by atoms with E-state index in [0.717, 1.165) is 25.9 Å². The smallest absolute Gasteiger partial charge is 0.241 e. The van der Waals surface area contributed by atoms with Crippen LogP contribution < -0.4 is 5.73 Å². The fraction of sp³-hybridized carbons (Fsp3) is 0.923. The van der Waals surface area contributed by atoms with Gasteiger partial charge in [-0.05, 0) is 26.7 Å². The first-order valence-corrected chi connectivity index (χ1v) is 6.72. The molecule has 0 spiro atoms. The van der Waals surface area contributed by atoms with Crippen molar-refractivity contribution in [3.63, 3.8) is 0 Å². The van der Waals surface area contributed by atoms with Gasteiger partial charge in [0.1, 0.15) is 6.04 Å². The Bertz CT molecular complexity index is 272. The van der Waals surface area contributed by atoms with E-state index in [9.17, 15) is 4.79 Å². The number of ether oxygens (including phenoxy) is 1. The Morgan fingerprint density at radius 3 is 2.25 bits per heavy atom. The number of amides is 1. The van der Waals surface area contributed by atoms with Gasteiger partial charge >= 0.3 is 0 Å². The molecule has 0 saturated carbocycles. The lowest BCUT2D eigenvalue weighted by Gasteiger charge is -2.39. The van der Waals surface area contributed by atoms with Crippen LogP contribution in [-0.2, 0) is 9.53 Å². The number of likely N-dealkylation sites (N-methyl/N-ethyl adjacent to an activating group) is 1. The van der Waals surface area contributed by atoms with Crippen LogP contribution in [0.3, 0.4) is 0 Å². The van der Waals surface area contributed by atoms with Crippen molar-refractivity contribution >= 4 is 30.7 Å². The fourth-order valence-electron chi connectivity index (χ4n) is 2.48. The van der Waals surface area contributed by atoms with Gasteiger partial charge in [-0.3, -0.25) is 4.79 Å². The molecule has 1 fully saturated rings. The zero-order valence-corrected chi connectivity index (χ0v) is 14.5. The summed E-state index contributed by atoms with van der Waals surface area (Å²) < 4.78 is 4.93. The van der Waals surface area contributed by atoms with E-state index >= 15 is 0 Å². The number of nitrogens with two attached hydrogens (primary N) is 1. The maximum Gasteiger partial charge on any atom is 0.241 e. The highest BCUT2D eigenvalue weighted by molar-refractivity contribution is 5.85. The molecule has 2 N–H and O–H groups in total. The van der Waals surface area contributed by atoms with E-state index in [1.54, 1.807) is 12.0 Å². The molecule has 1 aliphatic heterocycles. The summed E-state index contributed by atoms with van der Waals surface area (Å²) in [6.45, 7) is 6.82. The third-order valence-electron chi connectivity index (χ3n) is 3.79. The molecule has 1 amide bonds. The van der Waals surface area contributed by atoms with Crippen molar-refractivity contribution in [1.82, 2.24) is 9.80 Å². The van der Waals surface area contributed by atoms with Crippen LogP contribution in [0.5, 0.6) is 0 Å². The summed E-state index contributed by atoms with van der Waals surface area (Å²) in [6.07, 6.45) is 2.06. The summed E-state index contributed by atoms with van der Waals surface area (Å²) in [5.74, 6) is -0.0140. The molecule has 1 unspecified atom stereocenters. The molecule has 20 heavy (non-hydrogen) atoms. The fourth-order valence-corrected chi connectivity index (χ4v) is 2.48. The maximum atomic E-state index is 12.1. The Hall–Kier alpha value is -0.0700. The number of carbonyl (C=O) groups is 1. The second-order valence-electron chi connectivity index (χ2n) is 5.37. The largest absolute Gasteiger partial charge is 0.383 e. The maximum absolute atomic E-state index is 12.1. The Balaban J connectivity index is 0. The van der Waals surface area contributed by atoms with E-state index in [4.69, 9.17) is 10.5 Å². The van der Waals surface area contributed by atoms with Crippen LogP contribution >= 0.6 is 24.8 Å². The number of hydrogen-bond acceptors (Lipinski definition) is 4. The average Bonchev–Trinajstić information content (AvgIpc) is 2.37. The van der Waals surface area contributed by atoms with Crippen molar-refractivity contribution in [2.45, 2.75) is 44.8 Å². The van der Waals surface area contributed by atoms with Gasteiger partial charge in [-0.2, -0.15) is 0 Å². The highest BCUT2D eigenvalue weighted by Crippen LogP contribution is 2.17. The summed E-state index contributed by atoms with van der Waals surface area (Å²) in [6, 6.07) is 0.362. The molecule has 0 bridgehead atoms. The van der Waals surface area contributed by atoms with Crippen LogP contribution in [0.25, 0.3) is 0 Å². The van der Waals surface area contributed by atoms with Crippen molar-refractivity contribution in [2.24, 2.45) is 5.73 Å². The standard InChI is InChI=1S/C13H27N3O2.2ClH/c1-10(2)16-7-5-11(6-8-16)15(3)13(17)12(14)9-18-4;;/h10-12H,5-9,14H2,1-4H3;2*1H. The summed E-state index contributed by atoms with van der Waals surface area (Å²) in [5, 5.41) is 0. The molecule has 7 heteroatoms. The number of carbonyl (C=O) groups excluding carboxylic acids is 1. The third-order valence-corrected chi connectivity index (χ3v) is 3.79. The summed E-state index contributed by atoms with van der Waals surface area (Å²) in [5.41, 5.74) is 5.78. The first kappa shape index (κ1) is 22.2. The van der Waals surface area contributed by atoms with E-state index in [0.29, 0.717) is 12.1 Å².